The molecule has 2 aromatic heterocycles. The molecule has 1 amide bonds. The Kier molecular flexibility index (Phi) is 7.03. The predicted molar refractivity (Wildman–Crippen MR) is 127 cm³/mol. The van der Waals surface area contributed by atoms with Crippen molar-refractivity contribution in [3.63, 3.8) is 0 Å². The summed E-state index contributed by atoms with van der Waals surface area (Å²) in [5, 5.41) is 12.8. The second kappa shape index (κ2) is 10.3. The Balaban J connectivity index is 1.58. The van der Waals surface area contributed by atoms with Gasteiger partial charge in [0.1, 0.15) is 5.75 Å². The summed E-state index contributed by atoms with van der Waals surface area (Å²) in [6.45, 7) is 2.54. The molecule has 0 fully saturated rings. The van der Waals surface area contributed by atoms with E-state index in [0.29, 0.717) is 28.3 Å². The highest BCUT2D eigenvalue weighted by atomic mass is 35.5. The number of hydrogen-bond acceptors (Lipinski definition) is 6. The van der Waals surface area contributed by atoms with E-state index < -0.39 is 0 Å². The number of nitrogens with one attached hydrogen (secondary N) is 1. The number of halogens is 1. The first-order valence-electron chi connectivity index (χ1n) is 9.91. The van der Waals surface area contributed by atoms with Gasteiger partial charge in [-0.05, 0) is 67.6 Å². The highest BCUT2D eigenvalue weighted by Gasteiger charge is 2.17. The second-order valence-electron chi connectivity index (χ2n) is 6.65. The van der Waals surface area contributed by atoms with E-state index in [4.69, 9.17) is 16.3 Å². The Morgan fingerprint density at radius 1 is 1.03 bits per heavy atom. The van der Waals surface area contributed by atoms with Crippen molar-refractivity contribution in [2.45, 2.75) is 12.1 Å². The number of amides is 1. The highest BCUT2D eigenvalue weighted by molar-refractivity contribution is 7.99. The minimum atomic E-state index is -0.149. The van der Waals surface area contributed by atoms with Crippen molar-refractivity contribution in [3.05, 3.63) is 78.1 Å². The maximum atomic E-state index is 12.5. The van der Waals surface area contributed by atoms with Crippen LogP contribution in [0.1, 0.15) is 6.92 Å². The summed E-state index contributed by atoms with van der Waals surface area (Å²) in [5.74, 6) is 1.47. The van der Waals surface area contributed by atoms with Crippen molar-refractivity contribution < 1.29 is 9.53 Å². The van der Waals surface area contributed by atoms with E-state index in [0.717, 1.165) is 17.0 Å². The smallest absolute Gasteiger partial charge is 0.234 e. The van der Waals surface area contributed by atoms with Gasteiger partial charge in [-0.3, -0.25) is 14.3 Å². The van der Waals surface area contributed by atoms with E-state index in [-0.39, 0.29) is 11.7 Å². The van der Waals surface area contributed by atoms with Crippen LogP contribution >= 0.6 is 23.4 Å². The number of carbonyl (C=O) groups excluding carboxylic acids is 1. The van der Waals surface area contributed by atoms with Crippen LogP contribution in [0.4, 0.5) is 5.69 Å². The van der Waals surface area contributed by atoms with Gasteiger partial charge in [-0.25, -0.2) is 0 Å². The van der Waals surface area contributed by atoms with Crippen LogP contribution in [0.2, 0.25) is 5.02 Å². The third-order valence-electron chi connectivity index (χ3n) is 4.44. The number of benzene rings is 2. The first-order chi connectivity index (χ1) is 15.6. The normalized spacial score (nSPS) is 10.7. The maximum Gasteiger partial charge on any atom is 0.234 e. The first kappa shape index (κ1) is 21.9. The van der Waals surface area contributed by atoms with Crippen LogP contribution in [0.5, 0.6) is 5.75 Å². The van der Waals surface area contributed by atoms with Gasteiger partial charge in [-0.15, -0.1) is 10.2 Å². The van der Waals surface area contributed by atoms with Gasteiger partial charge in [0.05, 0.1) is 12.4 Å². The zero-order chi connectivity index (χ0) is 22.3. The van der Waals surface area contributed by atoms with E-state index in [1.54, 1.807) is 36.7 Å². The molecule has 4 rings (SSSR count). The molecule has 0 bridgehead atoms. The lowest BCUT2D eigenvalue weighted by molar-refractivity contribution is -0.113. The van der Waals surface area contributed by atoms with Crippen LogP contribution in [0.15, 0.2) is 78.2 Å². The van der Waals surface area contributed by atoms with Crippen LogP contribution in [0, 0.1) is 0 Å². The molecule has 2 heterocycles. The maximum absolute atomic E-state index is 12.5. The lowest BCUT2D eigenvalue weighted by atomic mass is 10.2. The van der Waals surface area contributed by atoms with Crippen molar-refractivity contribution in [2.24, 2.45) is 0 Å². The fourth-order valence-corrected chi connectivity index (χ4v) is 3.88. The molecule has 0 radical (unpaired) electrons. The Morgan fingerprint density at radius 3 is 2.44 bits per heavy atom. The molecular weight excluding hydrogens is 446 g/mol. The van der Waals surface area contributed by atoms with Crippen LogP contribution in [-0.2, 0) is 4.79 Å². The Morgan fingerprint density at radius 2 is 1.75 bits per heavy atom. The summed E-state index contributed by atoms with van der Waals surface area (Å²) >= 11 is 7.21. The molecule has 9 heteroatoms. The number of anilines is 1. The predicted octanol–water partition coefficient (Wildman–Crippen LogP) is 5.11. The lowest BCUT2D eigenvalue weighted by Crippen LogP contribution is -2.14. The van der Waals surface area contributed by atoms with Gasteiger partial charge in [0, 0.05) is 34.4 Å². The minimum absolute atomic E-state index is 0.149. The van der Waals surface area contributed by atoms with Gasteiger partial charge in [0.2, 0.25) is 5.91 Å². The molecule has 0 saturated carbocycles. The van der Waals surface area contributed by atoms with Gasteiger partial charge in [-0.1, -0.05) is 23.4 Å². The molecule has 162 valence electrons. The molecule has 2 aromatic carbocycles. The number of thioether (sulfide) groups is 1. The fraction of sp³-hybridized carbons (Fsp3) is 0.130. The Hall–Kier alpha value is -3.36. The third-order valence-corrected chi connectivity index (χ3v) is 5.62. The van der Waals surface area contributed by atoms with Crippen LogP contribution in [0.25, 0.3) is 17.1 Å². The largest absolute Gasteiger partial charge is 0.494 e. The standard InChI is InChI=1S/C23H20ClN5O2S/c1-2-31-20-9-7-19(8-10-20)29-22(16-11-13-25-14-12-16)27-28-23(29)32-15-21(30)26-18-5-3-17(24)4-6-18/h3-14H,2,15H2,1H3,(H,26,30). The number of aromatic nitrogens is 4. The van der Waals surface area contributed by atoms with E-state index in [1.165, 1.54) is 11.8 Å². The monoisotopic (exact) mass is 465 g/mol. The molecular formula is C23H20ClN5O2S. The molecule has 0 unspecified atom stereocenters. The molecule has 4 aromatic rings. The summed E-state index contributed by atoms with van der Waals surface area (Å²) in [7, 11) is 0. The molecule has 0 aliphatic rings. The topological polar surface area (TPSA) is 81.9 Å². The quantitative estimate of drug-likeness (QED) is 0.364. The second-order valence-corrected chi connectivity index (χ2v) is 8.03. The average Bonchev–Trinajstić information content (AvgIpc) is 3.24. The lowest BCUT2D eigenvalue weighted by Gasteiger charge is -2.11. The number of nitrogens with zero attached hydrogens (tertiary/aromatic N) is 4. The summed E-state index contributed by atoms with van der Waals surface area (Å²) in [4.78, 5) is 16.5. The molecule has 0 saturated heterocycles. The van der Waals surface area contributed by atoms with Crippen molar-refractivity contribution in [1.82, 2.24) is 19.7 Å². The highest BCUT2D eigenvalue weighted by Crippen LogP contribution is 2.29. The summed E-state index contributed by atoms with van der Waals surface area (Å²) in [5.41, 5.74) is 2.43. The van der Waals surface area contributed by atoms with E-state index in [1.807, 2.05) is 47.9 Å². The van der Waals surface area contributed by atoms with Gasteiger partial charge in [-0.2, -0.15) is 0 Å². The van der Waals surface area contributed by atoms with Crippen molar-refractivity contribution >= 4 is 35.0 Å². The van der Waals surface area contributed by atoms with Gasteiger partial charge in [0.25, 0.3) is 0 Å². The summed E-state index contributed by atoms with van der Waals surface area (Å²) in [6, 6.07) is 18.4. The zero-order valence-corrected chi connectivity index (χ0v) is 18.8. The molecule has 0 atom stereocenters. The van der Waals surface area contributed by atoms with E-state index in [9.17, 15) is 4.79 Å². The van der Waals surface area contributed by atoms with Crippen molar-refractivity contribution in [1.29, 1.82) is 0 Å². The zero-order valence-electron chi connectivity index (χ0n) is 17.2. The van der Waals surface area contributed by atoms with Gasteiger partial charge in [0.15, 0.2) is 11.0 Å². The Labute approximate surface area is 194 Å². The molecule has 1 N–H and O–H groups in total. The molecule has 0 aliphatic heterocycles. The van der Waals surface area contributed by atoms with Crippen LogP contribution < -0.4 is 10.1 Å². The van der Waals surface area contributed by atoms with Crippen molar-refractivity contribution in [2.75, 3.05) is 17.7 Å². The van der Waals surface area contributed by atoms with Gasteiger partial charge < -0.3 is 10.1 Å². The number of rotatable bonds is 8. The third kappa shape index (κ3) is 5.27. The molecule has 0 aliphatic carbocycles. The van der Waals surface area contributed by atoms with E-state index in [2.05, 4.69) is 20.5 Å². The van der Waals surface area contributed by atoms with Gasteiger partial charge >= 0.3 is 0 Å². The number of ether oxygens (including phenoxy) is 1. The fourth-order valence-electron chi connectivity index (χ4n) is 3.00. The summed E-state index contributed by atoms with van der Waals surface area (Å²) < 4.78 is 7.47. The van der Waals surface area contributed by atoms with E-state index >= 15 is 0 Å². The average molecular weight is 466 g/mol. The van der Waals surface area contributed by atoms with Crippen LogP contribution in [0.3, 0.4) is 0 Å². The van der Waals surface area contributed by atoms with Crippen molar-refractivity contribution in [3.8, 4) is 22.8 Å². The first-order valence-corrected chi connectivity index (χ1v) is 11.3. The van der Waals surface area contributed by atoms with Crippen LogP contribution in [-0.4, -0.2) is 38.0 Å². The number of hydrogen-bond donors (Lipinski definition) is 1. The minimum Gasteiger partial charge on any atom is -0.494 e. The molecule has 32 heavy (non-hydrogen) atoms. The summed E-state index contributed by atoms with van der Waals surface area (Å²) in [6.07, 6.45) is 3.41. The SMILES string of the molecule is CCOc1ccc(-n2c(SCC(=O)Nc3ccc(Cl)cc3)nnc2-c2ccncc2)cc1. The number of pyridine rings is 1. The molecule has 7 nitrogen and oxygen atoms in total. The molecule has 0 spiro atoms. The Bertz CT molecular complexity index is 1180. The number of carbonyl (C=O) groups is 1.